The van der Waals surface area contributed by atoms with E-state index < -0.39 is 10.8 Å². The zero-order valence-corrected chi connectivity index (χ0v) is 12.6. The predicted molar refractivity (Wildman–Crippen MR) is 80.1 cm³/mol. The van der Waals surface area contributed by atoms with Crippen molar-refractivity contribution >= 4 is 44.0 Å². The Labute approximate surface area is 122 Å². The number of benzene rings is 2. The fourth-order valence-electron chi connectivity index (χ4n) is 1.53. The van der Waals surface area contributed by atoms with E-state index in [2.05, 4.69) is 15.9 Å². The van der Waals surface area contributed by atoms with E-state index in [-0.39, 0.29) is 0 Å². The Balaban J connectivity index is 2.24. The quantitative estimate of drug-likeness (QED) is 0.855. The fourth-order valence-corrected chi connectivity index (χ4v) is 3.47. The Hall–Kier alpha value is -0.840. The lowest BCUT2D eigenvalue weighted by atomic mass is 10.2. The van der Waals surface area contributed by atoms with Gasteiger partial charge in [0.2, 0.25) is 0 Å². The highest BCUT2D eigenvalue weighted by atomic mass is 79.9. The molecule has 0 bridgehead atoms. The van der Waals surface area contributed by atoms with Crippen molar-refractivity contribution in [1.29, 1.82) is 0 Å². The minimum atomic E-state index is -1.13. The molecule has 0 fully saturated rings. The van der Waals surface area contributed by atoms with Crippen molar-refractivity contribution < 1.29 is 4.21 Å². The molecule has 94 valence electrons. The van der Waals surface area contributed by atoms with Crippen LogP contribution in [-0.2, 0) is 16.6 Å². The van der Waals surface area contributed by atoms with E-state index in [4.69, 9.17) is 17.3 Å². The second-order valence-electron chi connectivity index (χ2n) is 3.79. The molecule has 0 aliphatic rings. The molecule has 0 aromatic heterocycles. The van der Waals surface area contributed by atoms with Gasteiger partial charge in [0.1, 0.15) is 0 Å². The summed E-state index contributed by atoms with van der Waals surface area (Å²) in [5, 5.41) is 0.602. The summed E-state index contributed by atoms with van der Waals surface area (Å²) in [5.74, 6) is 0.364. The molecule has 1 atom stereocenters. The molecule has 0 aliphatic heterocycles. The summed E-state index contributed by atoms with van der Waals surface area (Å²) in [6.45, 7) is 0. The topological polar surface area (TPSA) is 43.1 Å². The monoisotopic (exact) mass is 343 g/mol. The van der Waals surface area contributed by atoms with Crippen LogP contribution in [0.5, 0.6) is 0 Å². The Bertz CT molecular complexity index is 603. The first-order valence-corrected chi connectivity index (χ1v) is 7.73. The Morgan fingerprint density at radius 3 is 2.72 bits per heavy atom. The van der Waals surface area contributed by atoms with Crippen LogP contribution in [0.3, 0.4) is 0 Å². The maximum absolute atomic E-state index is 12.2. The van der Waals surface area contributed by atoms with E-state index in [1.54, 1.807) is 18.2 Å². The highest BCUT2D eigenvalue weighted by Gasteiger charge is 2.08. The van der Waals surface area contributed by atoms with Gasteiger partial charge < -0.3 is 5.73 Å². The molecule has 0 aliphatic carbocycles. The van der Waals surface area contributed by atoms with Crippen molar-refractivity contribution in [3.8, 4) is 0 Å². The minimum absolute atomic E-state index is 0.364. The Morgan fingerprint density at radius 1 is 1.22 bits per heavy atom. The van der Waals surface area contributed by atoms with E-state index in [0.717, 1.165) is 14.9 Å². The van der Waals surface area contributed by atoms with Gasteiger partial charge in [-0.1, -0.05) is 33.6 Å². The highest BCUT2D eigenvalue weighted by Crippen LogP contribution is 2.22. The van der Waals surface area contributed by atoms with Crippen LogP contribution >= 0.6 is 27.5 Å². The maximum atomic E-state index is 12.2. The third kappa shape index (κ3) is 3.34. The zero-order valence-electron chi connectivity index (χ0n) is 9.40. The van der Waals surface area contributed by atoms with Crippen LogP contribution in [0.25, 0.3) is 0 Å². The number of hydrogen-bond acceptors (Lipinski definition) is 2. The van der Waals surface area contributed by atoms with Crippen LogP contribution in [-0.4, -0.2) is 4.21 Å². The van der Waals surface area contributed by atoms with Crippen LogP contribution in [0.15, 0.2) is 51.8 Å². The van der Waals surface area contributed by atoms with E-state index in [9.17, 15) is 4.21 Å². The third-order valence-electron chi connectivity index (χ3n) is 2.45. The molecule has 0 heterocycles. The number of rotatable bonds is 3. The molecule has 2 aromatic carbocycles. The number of hydrogen-bond donors (Lipinski definition) is 1. The van der Waals surface area contributed by atoms with Gasteiger partial charge in [-0.2, -0.15) is 0 Å². The summed E-state index contributed by atoms with van der Waals surface area (Å²) >= 11 is 9.27. The standard InChI is InChI=1S/C13H11BrClNOS/c14-10-2-1-3-12(7-10)18(17)8-9-6-11(15)4-5-13(9)16/h1-7H,8,16H2. The van der Waals surface area contributed by atoms with Gasteiger partial charge >= 0.3 is 0 Å². The number of nitrogen functional groups attached to an aromatic ring is 1. The molecule has 2 rings (SSSR count). The van der Waals surface area contributed by atoms with Crippen molar-refractivity contribution in [3.63, 3.8) is 0 Å². The average molecular weight is 345 g/mol. The van der Waals surface area contributed by atoms with Crippen molar-refractivity contribution in [2.45, 2.75) is 10.6 Å². The summed E-state index contributed by atoms with van der Waals surface area (Å²) in [6, 6.07) is 12.6. The largest absolute Gasteiger partial charge is 0.398 e. The van der Waals surface area contributed by atoms with Crippen LogP contribution in [0, 0.1) is 0 Å². The lowest BCUT2D eigenvalue weighted by molar-refractivity contribution is 0.682. The molecule has 2 N–H and O–H groups in total. The number of nitrogens with two attached hydrogens (primary N) is 1. The summed E-state index contributed by atoms with van der Waals surface area (Å²) in [6.07, 6.45) is 0. The van der Waals surface area contributed by atoms with Gasteiger partial charge in [0.05, 0.1) is 16.6 Å². The molecule has 0 radical (unpaired) electrons. The molecule has 2 nitrogen and oxygen atoms in total. The molecule has 0 spiro atoms. The molecule has 0 saturated carbocycles. The van der Waals surface area contributed by atoms with Gasteiger partial charge in [-0.3, -0.25) is 4.21 Å². The van der Waals surface area contributed by atoms with Gasteiger partial charge in [0.15, 0.2) is 0 Å². The van der Waals surface area contributed by atoms with Crippen LogP contribution in [0.1, 0.15) is 5.56 Å². The van der Waals surface area contributed by atoms with E-state index in [1.807, 2.05) is 24.3 Å². The molecule has 0 saturated heterocycles. The average Bonchev–Trinajstić information content (AvgIpc) is 2.34. The zero-order chi connectivity index (χ0) is 13.1. The van der Waals surface area contributed by atoms with Crippen molar-refractivity contribution in [2.75, 3.05) is 5.73 Å². The second-order valence-corrected chi connectivity index (χ2v) is 6.59. The third-order valence-corrected chi connectivity index (χ3v) is 4.53. The molecule has 0 amide bonds. The van der Waals surface area contributed by atoms with Crippen molar-refractivity contribution in [1.82, 2.24) is 0 Å². The lowest BCUT2D eigenvalue weighted by Gasteiger charge is -2.07. The van der Waals surface area contributed by atoms with Crippen molar-refractivity contribution in [2.24, 2.45) is 0 Å². The first-order valence-electron chi connectivity index (χ1n) is 5.24. The first kappa shape index (κ1) is 13.6. The summed E-state index contributed by atoms with van der Waals surface area (Å²) in [5.41, 5.74) is 7.26. The molecular formula is C13H11BrClNOS. The Morgan fingerprint density at radius 2 is 2.00 bits per heavy atom. The smallest absolute Gasteiger partial charge is 0.0575 e. The van der Waals surface area contributed by atoms with E-state index in [1.165, 1.54) is 0 Å². The number of anilines is 1. The SMILES string of the molecule is Nc1ccc(Cl)cc1CS(=O)c1cccc(Br)c1. The van der Waals surface area contributed by atoms with Gasteiger partial charge in [-0.25, -0.2) is 0 Å². The fraction of sp³-hybridized carbons (Fsp3) is 0.0769. The minimum Gasteiger partial charge on any atom is -0.398 e. The highest BCUT2D eigenvalue weighted by molar-refractivity contribution is 9.10. The molecule has 5 heteroatoms. The van der Waals surface area contributed by atoms with Crippen LogP contribution < -0.4 is 5.73 Å². The second kappa shape index (κ2) is 5.87. The first-order chi connectivity index (χ1) is 8.56. The molecule has 18 heavy (non-hydrogen) atoms. The van der Waals surface area contributed by atoms with E-state index in [0.29, 0.717) is 16.5 Å². The maximum Gasteiger partial charge on any atom is 0.0575 e. The van der Waals surface area contributed by atoms with Crippen LogP contribution in [0.2, 0.25) is 5.02 Å². The number of halogens is 2. The van der Waals surface area contributed by atoms with Gasteiger partial charge in [-0.05, 0) is 42.0 Å². The normalized spacial score (nSPS) is 12.3. The summed E-state index contributed by atoms with van der Waals surface area (Å²) in [7, 11) is -1.13. The van der Waals surface area contributed by atoms with Gasteiger partial charge in [0.25, 0.3) is 0 Å². The van der Waals surface area contributed by atoms with Crippen molar-refractivity contribution in [3.05, 3.63) is 57.5 Å². The molecule has 2 aromatic rings. The summed E-state index contributed by atoms with van der Waals surface area (Å²) in [4.78, 5) is 0.767. The molecule has 1 unspecified atom stereocenters. The summed E-state index contributed by atoms with van der Waals surface area (Å²) < 4.78 is 13.1. The van der Waals surface area contributed by atoms with Gasteiger partial charge in [0, 0.05) is 20.1 Å². The van der Waals surface area contributed by atoms with E-state index >= 15 is 0 Å². The molecular weight excluding hydrogens is 334 g/mol. The van der Waals surface area contributed by atoms with Crippen LogP contribution in [0.4, 0.5) is 5.69 Å². The van der Waals surface area contributed by atoms with Gasteiger partial charge in [-0.15, -0.1) is 0 Å². The predicted octanol–water partition coefficient (Wildman–Crippen LogP) is 3.99. The lowest BCUT2D eigenvalue weighted by Crippen LogP contribution is -2.00. The Kier molecular flexibility index (Phi) is 4.43.